The van der Waals surface area contributed by atoms with Gasteiger partial charge < -0.3 is 5.73 Å². The molecule has 27 heavy (non-hydrogen) atoms. The Balaban J connectivity index is 2.28. The molecule has 3 aromatic rings. The van der Waals surface area contributed by atoms with E-state index in [1.807, 2.05) is 12.1 Å². The number of carbonyl (C=O) groups is 1. The Hall–Kier alpha value is -2.44. The van der Waals surface area contributed by atoms with Crippen LogP contribution in [0.25, 0.3) is 22.4 Å². The van der Waals surface area contributed by atoms with E-state index in [-0.39, 0.29) is 12.0 Å². The predicted molar refractivity (Wildman–Crippen MR) is 102 cm³/mol. The van der Waals surface area contributed by atoms with Gasteiger partial charge in [0.25, 0.3) is 6.43 Å². The Bertz CT molecular complexity index is 1020. The highest BCUT2D eigenvalue weighted by Crippen LogP contribution is 2.40. The third-order valence-electron chi connectivity index (χ3n) is 4.14. The van der Waals surface area contributed by atoms with Crippen LogP contribution in [0.4, 0.5) is 8.78 Å². The molecule has 0 fully saturated rings. The van der Waals surface area contributed by atoms with E-state index in [0.717, 1.165) is 0 Å². The third-order valence-corrected chi connectivity index (χ3v) is 4.69. The number of halogens is 4. The second kappa shape index (κ2) is 7.66. The van der Waals surface area contributed by atoms with Gasteiger partial charge in [-0.2, -0.15) is 5.10 Å². The SMILES string of the molecule is Cn1nc(C(F)F)c(CC(N)=O)c1-c1ccccc1-c1ccc(Cl)cc1Cl. The van der Waals surface area contributed by atoms with Crippen LogP contribution in [0.1, 0.15) is 17.7 Å². The molecular formula is C19H15Cl2F2N3O. The van der Waals surface area contributed by atoms with Crippen LogP contribution < -0.4 is 5.73 Å². The molecule has 1 amide bonds. The first-order valence-electron chi connectivity index (χ1n) is 7.96. The molecule has 0 aliphatic carbocycles. The van der Waals surface area contributed by atoms with E-state index in [1.54, 1.807) is 37.4 Å². The fourth-order valence-corrected chi connectivity index (χ4v) is 3.59. The third kappa shape index (κ3) is 3.82. The van der Waals surface area contributed by atoms with E-state index in [9.17, 15) is 13.6 Å². The molecule has 0 bridgehead atoms. The fraction of sp³-hybridized carbons (Fsp3) is 0.158. The van der Waals surface area contributed by atoms with E-state index in [0.29, 0.717) is 32.4 Å². The highest BCUT2D eigenvalue weighted by molar-refractivity contribution is 6.36. The fourth-order valence-electron chi connectivity index (χ4n) is 3.08. The summed E-state index contributed by atoms with van der Waals surface area (Å²) >= 11 is 12.3. The van der Waals surface area contributed by atoms with Gasteiger partial charge in [0.05, 0.1) is 12.1 Å². The average Bonchev–Trinajstić information content (AvgIpc) is 2.91. The largest absolute Gasteiger partial charge is 0.369 e. The lowest BCUT2D eigenvalue weighted by Crippen LogP contribution is -2.15. The topological polar surface area (TPSA) is 60.9 Å². The number of nitrogens with two attached hydrogens (primary N) is 1. The number of carbonyl (C=O) groups excluding carboxylic acids is 1. The lowest BCUT2D eigenvalue weighted by molar-refractivity contribution is -0.117. The van der Waals surface area contributed by atoms with Crippen LogP contribution in [-0.4, -0.2) is 15.7 Å². The lowest BCUT2D eigenvalue weighted by Gasteiger charge is -2.13. The van der Waals surface area contributed by atoms with Gasteiger partial charge in [-0.25, -0.2) is 8.78 Å². The number of hydrogen-bond acceptors (Lipinski definition) is 2. The average molecular weight is 410 g/mol. The summed E-state index contributed by atoms with van der Waals surface area (Å²) in [5, 5.41) is 4.82. The number of rotatable bonds is 5. The van der Waals surface area contributed by atoms with Gasteiger partial charge in [-0.3, -0.25) is 9.48 Å². The maximum Gasteiger partial charge on any atom is 0.282 e. The molecule has 0 aliphatic rings. The van der Waals surface area contributed by atoms with Gasteiger partial charge in [0, 0.05) is 33.8 Å². The molecule has 1 aromatic heterocycles. The van der Waals surface area contributed by atoms with Crippen molar-refractivity contribution in [1.29, 1.82) is 0 Å². The molecule has 0 atom stereocenters. The summed E-state index contributed by atoms with van der Waals surface area (Å²) in [6, 6.07) is 12.2. The lowest BCUT2D eigenvalue weighted by atomic mass is 9.94. The number of benzene rings is 2. The van der Waals surface area contributed by atoms with Crippen LogP contribution >= 0.6 is 23.2 Å². The predicted octanol–water partition coefficient (Wildman–Crippen LogP) is 5.03. The smallest absolute Gasteiger partial charge is 0.282 e. The second-order valence-electron chi connectivity index (χ2n) is 5.95. The van der Waals surface area contributed by atoms with E-state index in [4.69, 9.17) is 28.9 Å². The summed E-state index contributed by atoms with van der Waals surface area (Å²) < 4.78 is 28.2. The number of aromatic nitrogens is 2. The summed E-state index contributed by atoms with van der Waals surface area (Å²) in [7, 11) is 1.55. The zero-order valence-corrected chi connectivity index (χ0v) is 15.7. The highest BCUT2D eigenvalue weighted by Gasteiger charge is 2.26. The van der Waals surface area contributed by atoms with Crippen LogP contribution in [0.15, 0.2) is 42.5 Å². The standard InChI is InChI=1S/C19H15Cl2F2N3O/c1-26-18(14(9-16(24)27)17(25-26)19(22)23)13-5-3-2-4-11(13)12-7-6-10(20)8-15(12)21/h2-8,19H,9H2,1H3,(H2,24,27). The monoisotopic (exact) mass is 409 g/mol. The number of hydrogen-bond donors (Lipinski definition) is 1. The molecule has 1 heterocycles. The van der Waals surface area contributed by atoms with Crippen LogP contribution in [0, 0.1) is 0 Å². The van der Waals surface area contributed by atoms with Crippen molar-refractivity contribution >= 4 is 29.1 Å². The maximum absolute atomic E-state index is 13.5. The molecule has 0 aliphatic heterocycles. The van der Waals surface area contributed by atoms with Crippen molar-refractivity contribution in [2.75, 3.05) is 0 Å². The van der Waals surface area contributed by atoms with Gasteiger partial charge in [0.15, 0.2) is 0 Å². The molecule has 0 radical (unpaired) electrons. The van der Waals surface area contributed by atoms with Crippen molar-refractivity contribution in [1.82, 2.24) is 9.78 Å². The molecule has 8 heteroatoms. The van der Waals surface area contributed by atoms with Crippen LogP contribution in [-0.2, 0) is 18.3 Å². The van der Waals surface area contributed by atoms with Gasteiger partial charge in [-0.1, -0.05) is 53.5 Å². The number of aryl methyl sites for hydroxylation is 1. The van der Waals surface area contributed by atoms with Crippen molar-refractivity contribution in [3.8, 4) is 22.4 Å². The van der Waals surface area contributed by atoms with Gasteiger partial charge in [0.1, 0.15) is 5.69 Å². The molecule has 4 nitrogen and oxygen atoms in total. The molecule has 2 N–H and O–H groups in total. The summed E-state index contributed by atoms with van der Waals surface area (Å²) in [5.41, 5.74) is 7.33. The first kappa shape index (κ1) is 19.3. The summed E-state index contributed by atoms with van der Waals surface area (Å²) in [5.74, 6) is -0.715. The van der Waals surface area contributed by atoms with Crippen LogP contribution in [0.3, 0.4) is 0 Å². The molecule has 0 saturated heterocycles. The maximum atomic E-state index is 13.5. The Morgan fingerprint density at radius 1 is 1.15 bits per heavy atom. The number of amides is 1. The minimum Gasteiger partial charge on any atom is -0.369 e. The molecule has 0 unspecified atom stereocenters. The molecule has 3 rings (SSSR count). The Kier molecular flexibility index (Phi) is 5.48. The first-order chi connectivity index (χ1) is 12.8. The van der Waals surface area contributed by atoms with Crippen molar-refractivity contribution < 1.29 is 13.6 Å². The normalized spacial score (nSPS) is 11.2. The number of nitrogens with zero attached hydrogens (tertiary/aromatic N) is 2. The van der Waals surface area contributed by atoms with Gasteiger partial charge in [-0.05, 0) is 17.7 Å². The zero-order chi connectivity index (χ0) is 19.7. The summed E-state index contributed by atoms with van der Waals surface area (Å²) in [6.45, 7) is 0. The summed E-state index contributed by atoms with van der Waals surface area (Å²) in [6.07, 6.45) is -3.17. The molecule has 2 aromatic carbocycles. The molecule has 0 spiro atoms. The quantitative estimate of drug-likeness (QED) is 0.642. The zero-order valence-electron chi connectivity index (χ0n) is 14.2. The minimum atomic E-state index is -2.83. The van der Waals surface area contributed by atoms with E-state index in [2.05, 4.69) is 5.10 Å². The van der Waals surface area contributed by atoms with Gasteiger partial charge in [-0.15, -0.1) is 0 Å². The molecular weight excluding hydrogens is 395 g/mol. The van der Waals surface area contributed by atoms with Gasteiger partial charge >= 0.3 is 0 Å². The van der Waals surface area contributed by atoms with E-state index in [1.165, 1.54) is 4.68 Å². The van der Waals surface area contributed by atoms with Crippen LogP contribution in [0.2, 0.25) is 10.0 Å². The molecule has 0 saturated carbocycles. The second-order valence-corrected chi connectivity index (χ2v) is 6.79. The van der Waals surface area contributed by atoms with Crippen molar-refractivity contribution in [3.63, 3.8) is 0 Å². The Labute approximate surface area is 164 Å². The minimum absolute atomic E-state index is 0.109. The van der Waals surface area contributed by atoms with Crippen LogP contribution in [0.5, 0.6) is 0 Å². The van der Waals surface area contributed by atoms with E-state index < -0.39 is 18.0 Å². The Morgan fingerprint density at radius 2 is 1.81 bits per heavy atom. The summed E-state index contributed by atoms with van der Waals surface area (Å²) in [4.78, 5) is 11.5. The number of alkyl halides is 2. The van der Waals surface area contributed by atoms with Crippen molar-refractivity contribution in [3.05, 3.63) is 63.8 Å². The molecule has 140 valence electrons. The number of primary amides is 1. The Morgan fingerprint density at radius 3 is 2.41 bits per heavy atom. The van der Waals surface area contributed by atoms with Crippen molar-refractivity contribution in [2.24, 2.45) is 12.8 Å². The first-order valence-corrected chi connectivity index (χ1v) is 8.72. The highest BCUT2D eigenvalue weighted by atomic mass is 35.5. The van der Waals surface area contributed by atoms with Gasteiger partial charge in [0.2, 0.25) is 5.91 Å². The van der Waals surface area contributed by atoms with Crippen molar-refractivity contribution in [2.45, 2.75) is 12.8 Å². The van der Waals surface area contributed by atoms with E-state index >= 15 is 0 Å².